The van der Waals surface area contributed by atoms with Crippen LogP contribution >= 0.6 is 0 Å². The van der Waals surface area contributed by atoms with Gasteiger partial charge in [0.15, 0.2) is 5.76 Å². The zero-order chi connectivity index (χ0) is 16.8. The Morgan fingerprint density at radius 1 is 1.30 bits per heavy atom. The Bertz CT molecular complexity index is 705. The molecule has 6 nitrogen and oxygen atoms in total. The van der Waals surface area contributed by atoms with Crippen LogP contribution in [0.3, 0.4) is 0 Å². The van der Waals surface area contributed by atoms with Crippen LogP contribution in [0.5, 0.6) is 5.75 Å². The van der Waals surface area contributed by atoms with Crippen molar-refractivity contribution in [3.63, 3.8) is 0 Å². The summed E-state index contributed by atoms with van der Waals surface area (Å²) in [5, 5.41) is 11.8. The molecule has 0 aliphatic carbocycles. The summed E-state index contributed by atoms with van der Waals surface area (Å²) in [6, 6.07) is 8.83. The van der Waals surface area contributed by atoms with E-state index in [4.69, 9.17) is 14.3 Å². The molecule has 2 N–H and O–H groups in total. The highest BCUT2D eigenvalue weighted by Gasteiger charge is 2.19. The first kappa shape index (κ1) is 16.6. The van der Waals surface area contributed by atoms with Crippen molar-refractivity contribution in [3.8, 4) is 5.75 Å². The molecule has 1 aromatic heterocycles. The summed E-state index contributed by atoms with van der Waals surface area (Å²) in [5.41, 5.74) is 1.01. The number of carbonyl (C=O) groups is 2. The summed E-state index contributed by atoms with van der Waals surface area (Å²) in [7, 11) is 1.60. The number of para-hydroxylation sites is 1. The lowest BCUT2D eigenvalue weighted by molar-refractivity contribution is 0.0694. The largest absolute Gasteiger partial charge is 0.496 e. The van der Waals surface area contributed by atoms with E-state index in [1.54, 1.807) is 14.0 Å². The zero-order valence-electron chi connectivity index (χ0n) is 13.1. The summed E-state index contributed by atoms with van der Waals surface area (Å²) in [4.78, 5) is 23.1. The monoisotopic (exact) mass is 317 g/mol. The van der Waals surface area contributed by atoms with Gasteiger partial charge in [-0.3, -0.25) is 4.79 Å². The van der Waals surface area contributed by atoms with Crippen molar-refractivity contribution in [2.75, 3.05) is 13.7 Å². The molecule has 0 saturated carbocycles. The number of aryl methyl sites for hydroxylation is 1. The highest BCUT2D eigenvalue weighted by atomic mass is 16.5. The summed E-state index contributed by atoms with van der Waals surface area (Å²) in [5.74, 6) is -0.450. The maximum absolute atomic E-state index is 12.1. The van der Waals surface area contributed by atoms with Gasteiger partial charge in [0.2, 0.25) is 0 Å². The third-order valence-corrected chi connectivity index (χ3v) is 3.46. The first-order chi connectivity index (χ1) is 11.1. The minimum absolute atomic E-state index is 0.0132. The molecule has 2 rings (SSSR count). The molecule has 1 amide bonds. The molecule has 0 fully saturated rings. The van der Waals surface area contributed by atoms with Crippen LogP contribution in [-0.2, 0) is 12.8 Å². The van der Waals surface area contributed by atoms with Gasteiger partial charge < -0.3 is 19.6 Å². The first-order valence-corrected chi connectivity index (χ1v) is 7.32. The van der Waals surface area contributed by atoms with E-state index >= 15 is 0 Å². The molecule has 2 aromatic rings. The highest BCUT2D eigenvalue weighted by molar-refractivity contribution is 5.96. The molecule has 0 aliphatic heterocycles. The molecule has 0 saturated heterocycles. The van der Waals surface area contributed by atoms with Crippen LogP contribution in [-0.4, -0.2) is 30.6 Å². The second kappa shape index (κ2) is 7.49. The Balaban J connectivity index is 1.99. The number of aromatic carboxylic acids is 1. The average molecular weight is 317 g/mol. The van der Waals surface area contributed by atoms with Crippen molar-refractivity contribution in [1.29, 1.82) is 0 Å². The van der Waals surface area contributed by atoms with Gasteiger partial charge in [0.05, 0.1) is 7.11 Å². The molecule has 0 aliphatic rings. The number of rotatable bonds is 7. The average Bonchev–Trinajstić information content (AvgIpc) is 3.00. The molecule has 122 valence electrons. The maximum atomic E-state index is 12.1. The third kappa shape index (κ3) is 3.91. The van der Waals surface area contributed by atoms with E-state index in [9.17, 15) is 9.59 Å². The van der Waals surface area contributed by atoms with Crippen LogP contribution in [0.25, 0.3) is 0 Å². The van der Waals surface area contributed by atoms with E-state index in [0.29, 0.717) is 25.1 Å². The minimum atomic E-state index is -1.10. The lowest BCUT2D eigenvalue weighted by Crippen LogP contribution is -2.25. The SMILES string of the molecule is CCc1oc(C(=O)NCCc2ccccc2OC)cc1C(=O)O. The van der Waals surface area contributed by atoms with E-state index < -0.39 is 11.9 Å². The van der Waals surface area contributed by atoms with Crippen molar-refractivity contribution in [1.82, 2.24) is 5.32 Å². The number of benzene rings is 1. The molecule has 0 radical (unpaired) electrons. The number of amides is 1. The van der Waals surface area contributed by atoms with Gasteiger partial charge in [0.1, 0.15) is 17.1 Å². The van der Waals surface area contributed by atoms with Crippen molar-refractivity contribution in [2.24, 2.45) is 0 Å². The predicted molar refractivity (Wildman–Crippen MR) is 84.1 cm³/mol. The molecule has 1 aromatic carbocycles. The van der Waals surface area contributed by atoms with Gasteiger partial charge in [-0.05, 0) is 18.1 Å². The van der Waals surface area contributed by atoms with Gasteiger partial charge in [0, 0.05) is 19.0 Å². The van der Waals surface area contributed by atoms with Crippen molar-refractivity contribution < 1.29 is 23.8 Å². The van der Waals surface area contributed by atoms with Gasteiger partial charge in [0.25, 0.3) is 5.91 Å². The van der Waals surface area contributed by atoms with Gasteiger partial charge in [-0.15, -0.1) is 0 Å². The van der Waals surface area contributed by atoms with E-state index in [-0.39, 0.29) is 11.3 Å². The standard InChI is InChI=1S/C17H19NO5/c1-3-13-12(17(20)21)10-15(23-13)16(19)18-9-8-11-6-4-5-7-14(11)22-2/h4-7,10H,3,8-9H2,1-2H3,(H,18,19)(H,20,21). The van der Waals surface area contributed by atoms with Gasteiger partial charge in [-0.1, -0.05) is 25.1 Å². The Hall–Kier alpha value is -2.76. The number of carboxylic acid groups (broad SMARTS) is 1. The fourth-order valence-electron chi connectivity index (χ4n) is 2.29. The normalized spacial score (nSPS) is 10.3. The molecule has 0 bridgehead atoms. The van der Waals surface area contributed by atoms with Crippen molar-refractivity contribution in [3.05, 3.63) is 53.0 Å². The quantitative estimate of drug-likeness (QED) is 0.819. The number of hydrogen-bond acceptors (Lipinski definition) is 4. The first-order valence-electron chi connectivity index (χ1n) is 7.32. The molecule has 0 unspecified atom stereocenters. The molecule has 1 heterocycles. The van der Waals surface area contributed by atoms with Crippen LogP contribution in [0.15, 0.2) is 34.7 Å². The Kier molecular flexibility index (Phi) is 5.41. The summed E-state index contributed by atoms with van der Waals surface area (Å²) in [6.07, 6.45) is 1.01. The number of ether oxygens (including phenoxy) is 1. The summed E-state index contributed by atoms with van der Waals surface area (Å²) in [6.45, 7) is 2.17. The highest BCUT2D eigenvalue weighted by Crippen LogP contribution is 2.18. The number of carboxylic acids is 1. The second-order valence-corrected chi connectivity index (χ2v) is 4.92. The smallest absolute Gasteiger partial charge is 0.339 e. The predicted octanol–water partition coefficient (Wildman–Crippen LogP) is 2.52. The number of nitrogens with one attached hydrogen (secondary N) is 1. The molecule has 0 spiro atoms. The number of carbonyl (C=O) groups excluding carboxylic acids is 1. The van der Waals surface area contributed by atoms with Gasteiger partial charge >= 0.3 is 5.97 Å². The van der Waals surface area contributed by atoms with Crippen molar-refractivity contribution >= 4 is 11.9 Å². The third-order valence-electron chi connectivity index (χ3n) is 3.46. The summed E-state index contributed by atoms with van der Waals surface area (Å²) >= 11 is 0. The Labute approximate surface area is 134 Å². The second-order valence-electron chi connectivity index (χ2n) is 4.92. The number of hydrogen-bond donors (Lipinski definition) is 2. The Morgan fingerprint density at radius 2 is 2.04 bits per heavy atom. The van der Waals surface area contributed by atoms with E-state index in [1.807, 2.05) is 24.3 Å². The fourth-order valence-corrected chi connectivity index (χ4v) is 2.29. The van der Waals surface area contributed by atoms with E-state index in [0.717, 1.165) is 11.3 Å². The van der Waals surface area contributed by atoms with Crippen molar-refractivity contribution in [2.45, 2.75) is 19.8 Å². The van der Waals surface area contributed by atoms with Gasteiger partial charge in [-0.2, -0.15) is 0 Å². The van der Waals surface area contributed by atoms with Crippen LogP contribution in [0.1, 0.15) is 39.2 Å². The van der Waals surface area contributed by atoms with Crippen LogP contribution in [0.4, 0.5) is 0 Å². The lowest BCUT2D eigenvalue weighted by Gasteiger charge is -2.08. The van der Waals surface area contributed by atoms with E-state index in [2.05, 4.69) is 5.32 Å². The molecular formula is C17H19NO5. The van der Waals surface area contributed by atoms with Crippen LogP contribution in [0, 0.1) is 0 Å². The summed E-state index contributed by atoms with van der Waals surface area (Å²) < 4.78 is 10.6. The number of methoxy groups -OCH3 is 1. The van der Waals surface area contributed by atoms with Crippen LogP contribution in [0.2, 0.25) is 0 Å². The minimum Gasteiger partial charge on any atom is -0.496 e. The fraction of sp³-hybridized carbons (Fsp3) is 0.294. The van der Waals surface area contributed by atoms with E-state index in [1.165, 1.54) is 6.07 Å². The maximum Gasteiger partial charge on any atom is 0.339 e. The number of furan rings is 1. The lowest BCUT2D eigenvalue weighted by atomic mass is 10.1. The zero-order valence-corrected chi connectivity index (χ0v) is 13.1. The topological polar surface area (TPSA) is 88.8 Å². The van der Waals surface area contributed by atoms with Crippen LogP contribution < -0.4 is 10.1 Å². The molecule has 6 heteroatoms. The van der Waals surface area contributed by atoms with Gasteiger partial charge in [-0.25, -0.2) is 4.79 Å². The Morgan fingerprint density at radius 3 is 2.65 bits per heavy atom. The molecular weight excluding hydrogens is 298 g/mol. The molecule has 0 atom stereocenters. The molecule has 23 heavy (non-hydrogen) atoms.